The molecule has 1 aromatic heterocycles. The molecule has 0 saturated heterocycles. The first-order valence-corrected chi connectivity index (χ1v) is 7.09. The summed E-state index contributed by atoms with van der Waals surface area (Å²) in [6.07, 6.45) is 1.45. The number of nitriles is 1. The zero-order chi connectivity index (χ0) is 16.4. The molecule has 0 spiro atoms. The highest BCUT2D eigenvalue weighted by atomic mass is 35.5. The van der Waals surface area contributed by atoms with Crippen LogP contribution >= 0.6 is 24.0 Å². The average molecular weight is 364 g/mol. The molecule has 2 aromatic carbocycles. The lowest BCUT2D eigenvalue weighted by atomic mass is 10.1. The van der Waals surface area contributed by atoms with Gasteiger partial charge in [0.25, 0.3) is 0 Å². The number of pyridine rings is 1. The lowest BCUT2D eigenvalue weighted by Gasteiger charge is -2.12. The van der Waals surface area contributed by atoms with Crippen LogP contribution < -0.4 is 10.1 Å². The standard InChI is InChI=1S/C17H11ClFN3O.ClH/c1-23-16-5-3-12(7-14(16)18)22-17-10(8-20)9-21-15-4-2-11(19)6-13(15)17;/h2-7,9H,1H3,(H,21,22);1H. The van der Waals surface area contributed by atoms with Crippen LogP contribution in [0.3, 0.4) is 0 Å². The van der Waals surface area contributed by atoms with E-state index < -0.39 is 5.82 Å². The smallest absolute Gasteiger partial charge is 0.137 e. The van der Waals surface area contributed by atoms with Crippen molar-refractivity contribution in [2.45, 2.75) is 0 Å². The molecule has 0 aliphatic carbocycles. The minimum atomic E-state index is -0.398. The Kier molecular flexibility index (Phi) is 5.45. The van der Waals surface area contributed by atoms with Crippen molar-refractivity contribution in [3.05, 3.63) is 59.0 Å². The second-order valence-electron chi connectivity index (χ2n) is 4.79. The highest BCUT2D eigenvalue weighted by Gasteiger charge is 2.11. The molecule has 1 heterocycles. The fourth-order valence-corrected chi connectivity index (χ4v) is 2.53. The Morgan fingerprint density at radius 1 is 1.25 bits per heavy atom. The normalized spacial score (nSPS) is 9.92. The summed E-state index contributed by atoms with van der Waals surface area (Å²) in [7, 11) is 1.53. The number of fused-ring (bicyclic) bond motifs is 1. The second kappa shape index (κ2) is 7.35. The van der Waals surface area contributed by atoms with Gasteiger partial charge < -0.3 is 10.1 Å². The number of halogens is 3. The van der Waals surface area contributed by atoms with E-state index in [1.54, 1.807) is 24.3 Å². The van der Waals surface area contributed by atoms with Gasteiger partial charge in [-0.1, -0.05) is 11.6 Å². The number of hydrogen-bond acceptors (Lipinski definition) is 4. The minimum Gasteiger partial charge on any atom is -0.495 e. The molecule has 0 bridgehead atoms. The number of benzene rings is 2. The first-order valence-electron chi connectivity index (χ1n) is 6.71. The fraction of sp³-hybridized carbons (Fsp3) is 0.0588. The molecule has 7 heteroatoms. The topological polar surface area (TPSA) is 57.9 Å². The van der Waals surface area contributed by atoms with E-state index in [0.29, 0.717) is 38.6 Å². The SMILES string of the molecule is COc1ccc(Nc2c(C#N)cnc3ccc(F)cc23)cc1Cl.Cl. The largest absolute Gasteiger partial charge is 0.495 e. The number of ether oxygens (including phenoxy) is 1. The van der Waals surface area contributed by atoms with Crippen molar-refractivity contribution in [2.75, 3.05) is 12.4 Å². The number of nitrogens with zero attached hydrogens (tertiary/aromatic N) is 2. The van der Waals surface area contributed by atoms with E-state index >= 15 is 0 Å². The summed E-state index contributed by atoms with van der Waals surface area (Å²) in [6.45, 7) is 0. The molecule has 4 nitrogen and oxygen atoms in total. The summed E-state index contributed by atoms with van der Waals surface area (Å²) < 4.78 is 18.7. The van der Waals surface area contributed by atoms with Crippen LogP contribution in [0.5, 0.6) is 5.75 Å². The summed E-state index contributed by atoms with van der Waals surface area (Å²) in [6, 6.07) is 11.4. The maximum atomic E-state index is 13.6. The van der Waals surface area contributed by atoms with Crippen molar-refractivity contribution < 1.29 is 9.13 Å². The molecule has 24 heavy (non-hydrogen) atoms. The van der Waals surface area contributed by atoms with Gasteiger partial charge in [-0.05, 0) is 36.4 Å². The maximum absolute atomic E-state index is 13.6. The van der Waals surface area contributed by atoms with Gasteiger partial charge in [-0.25, -0.2) is 4.39 Å². The number of methoxy groups -OCH3 is 1. The van der Waals surface area contributed by atoms with Gasteiger partial charge in [-0.3, -0.25) is 4.98 Å². The molecule has 0 saturated carbocycles. The molecule has 0 fully saturated rings. The van der Waals surface area contributed by atoms with Crippen LogP contribution in [0.2, 0.25) is 5.02 Å². The first kappa shape index (κ1) is 17.8. The van der Waals surface area contributed by atoms with Crippen molar-refractivity contribution in [3.8, 4) is 11.8 Å². The van der Waals surface area contributed by atoms with Gasteiger partial charge >= 0.3 is 0 Å². The van der Waals surface area contributed by atoms with Crippen LogP contribution in [-0.4, -0.2) is 12.1 Å². The molecule has 0 aliphatic heterocycles. The third kappa shape index (κ3) is 3.35. The molecule has 0 radical (unpaired) electrons. The van der Waals surface area contributed by atoms with Gasteiger partial charge in [0, 0.05) is 17.3 Å². The summed E-state index contributed by atoms with van der Waals surface area (Å²) in [5, 5.41) is 13.4. The van der Waals surface area contributed by atoms with E-state index in [1.165, 1.54) is 25.4 Å². The van der Waals surface area contributed by atoms with Gasteiger partial charge in [0.15, 0.2) is 0 Å². The summed E-state index contributed by atoms with van der Waals surface area (Å²) in [4.78, 5) is 4.17. The lowest BCUT2D eigenvalue weighted by molar-refractivity contribution is 0.415. The summed E-state index contributed by atoms with van der Waals surface area (Å²) in [5.41, 5.74) is 2.05. The van der Waals surface area contributed by atoms with Crippen molar-refractivity contribution in [1.29, 1.82) is 5.26 Å². The van der Waals surface area contributed by atoms with Crippen molar-refractivity contribution >= 4 is 46.3 Å². The van der Waals surface area contributed by atoms with E-state index in [1.807, 2.05) is 0 Å². The monoisotopic (exact) mass is 363 g/mol. The lowest BCUT2D eigenvalue weighted by Crippen LogP contribution is -1.97. The number of aromatic nitrogens is 1. The van der Waals surface area contributed by atoms with Crippen LogP contribution in [0.1, 0.15) is 5.56 Å². The average Bonchev–Trinajstić information content (AvgIpc) is 2.55. The maximum Gasteiger partial charge on any atom is 0.137 e. The van der Waals surface area contributed by atoms with Crippen LogP contribution in [0.4, 0.5) is 15.8 Å². The summed E-state index contributed by atoms with van der Waals surface area (Å²) >= 11 is 6.11. The number of hydrogen-bond donors (Lipinski definition) is 1. The van der Waals surface area contributed by atoms with Gasteiger partial charge in [0.2, 0.25) is 0 Å². The Morgan fingerprint density at radius 2 is 2.04 bits per heavy atom. The molecular weight excluding hydrogens is 352 g/mol. The van der Waals surface area contributed by atoms with E-state index in [-0.39, 0.29) is 12.4 Å². The van der Waals surface area contributed by atoms with Crippen LogP contribution in [0.15, 0.2) is 42.6 Å². The quantitative estimate of drug-likeness (QED) is 0.705. The number of anilines is 2. The molecule has 3 aromatic rings. The third-order valence-corrected chi connectivity index (χ3v) is 3.67. The Hall–Kier alpha value is -2.55. The third-order valence-electron chi connectivity index (χ3n) is 3.37. The minimum absolute atomic E-state index is 0. The van der Waals surface area contributed by atoms with Gasteiger partial charge in [-0.15, -0.1) is 12.4 Å². The van der Waals surface area contributed by atoms with Crippen LogP contribution in [-0.2, 0) is 0 Å². The summed E-state index contributed by atoms with van der Waals surface area (Å²) in [5.74, 6) is 0.147. The van der Waals surface area contributed by atoms with Gasteiger partial charge in [-0.2, -0.15) is 5.26 Å². The van der Waals surface area contributed by atoms with Crippen molar-refractivity contribution in [2.24, 2.45) is 0 Å². The van der Waals surface area contributed by atoms with E-state index in [4.69, 9.17) is 16.3 Å². The Labute approximate surface area is 149 Å². The molecule has 1 N–H and O–H groups in total. The zero-order valence-corrected chi connectivity index (χ0v) is 14.1. The Balaban J connectivity index is 0.00000208. The fourth-order valence-electron chi connectivity index (χ4n) is 2.27. The van der Waals surface area contributed by atoms with E-state index in [2.05, 4.69) is 16.4 Å². The molecular formula is C17H12Cl2FN3O. The highest BCUT2D eigenvalue weighted by molar-refractivity contribution is 6.32. The molecule has 0 atom stereocenters. The molecule has 0 unspecified atom stereocenters. The Morgan fingerprint density at radius 3 is 2.71 bits per heavy atom. The van der Waals surface area contributed by atoms with Crippen molar-refractivity contribution in [1.82, 2.24) is 4.98 Å². The van der Waals surface area contributed by atoms with Gasteiger partial charge in [0.05, 0.1) is 28.9 Å². The zero-order valence-electron chi connectivity index (χ0n) is 12.5. The van der Waals surface area contributed by atoms with E-state index in [9.17, 15) is 9.65 Å². The highest BCUT2D eigenvalue weighted by Crippen LogP contribution is 2.32. The predicted molar refractivity (Wildman–Crippen MR) is 95.0 cm³/mol. The molecule has 0 aliphatic rings. The van der Waals surface area contributed by atoms with Crippen molar-refractivity contribution in [3.63, 3.8) is 0 Å². The molecule has 3 rings (SSSR count). The number of rotatable bonds is 3. The molecule has 122 valence electrons. The molecule has 0 amide bonds. The Bertz CT molecular complexity index is 941. The number of nitrogens with one attached hydrogen (secondary N) is 1. The van der Waals surface area contributed by atoms with Crippen LogP contribution in [0, 0.1) is 17.1 Å². The second-order valence-corrected chi connectivity index (χ2v) is 5.20. The predicted octanol–water partition coefficient (Wildman–Crippen LogP) is 5.07. The van der Waals surface area contributed by atoms with E-state index in [0.717, 1.165) is 0 Å². The van der Waals surface area contributed by atoms with Crippen LogP contribution in [0.25, 0.3) is 10.9 Å². The first-order chi connectivity index (χ1) is 11.1. The van der Waals surface area contributed by atoms with Gasteiger partial charge in [0.1, 0.15) is 17.6 Å².